The summed E-state index contributed by atoms with van der Waals surface area (Å²) in [6, 6.07) is 5.50. The number of carbonyl (C=O) groups is 3. The number of carbonyl (C=O) groups excluding carboxylic acids is 3. The van der Waals surface area contributed by atoms with Gasteiger partial charge < -0.3 is 19.1 Å². The molecule has 4 rings (SSSR count). The van der Waals surface area contributed by atoms with Gasteiger partial charge in [-0.1, -0.05) is 30.1 Å². The van der Waals surface area contributed by atoms with Gasteiger partial charge in [-0.15, -0.1) is 0 Å². The Labute approximate surface area is 267 Å². The minimum atomic E-state index is -0.649. The summed E-state index contributed by atoms with van der Waals surface area (Å²) in [7, 11) is 1.82. The molecule has 1 N–H and O–H groups in total. The molecule has 1 saturated carbocycles. The number of aromatic nitrogens is 2. The van der Waals surface area contributed by atoms with E-state index in [9.17, 15) is 14.4 Å². The summed E-state index contributed by atoms with van der Waals surface area (Å²) < 4.78 is 10.8. The normalized spacial score (nSPS) is 18.5. The summed E-state index contributed by atoms with van der Waals surface area (Å²) in [4.78, 5) is 47.6. The maximum Gasteiger partial charge on any atom is 0.410 e. The molecule has 0 radical (unpaired) electrons. The first-order valence-electron chi connectivity index (χ1n) is 16.2. The average Bonchev–Trinajstić information content (AvgIpc) is 3.60. The number of hydrogen-bond donors (Lipinski definition) is 1. The highest BCUT2D eigenvalue weighted by atomic mass is 16.6. The minimum absolute atomic E-state index is 0.0408. The molecule has 3 amide bonds. The van der Waals surface area contributed by atoms with Gasteiger partial charge in [0.05, 0.1) is 13.1 Å². The smallest absolute Gasteiger partial charge is 0.410 e. The number of anilines is 1. The van der Waals surface area contributed by atoms with Crippen LogP contribution in [0.2, 0.25) is 0 Å². The van der Waals surface area contributed by atoms with E-state index in [-0.39, 0.29) is 44.0 Å². The van der Waals surface area contributed by atoms with E-state index in [0.29, 0.717) is 34.8 Å². The lowest BCUT2D eigenvalue weighted by Gasteiger charge is -2.33. The van der Waals surface area contributed by atoms with Gasteiger partial charge >= 0.3 is 6.09 Å². The first-order valence-corrected chi connectivity index (χ1v) is 16.2. The number of rotatable bonds is 11. The Balaban J connectivity index is 1.47. The molecule has 1 aromatic heterocycles. The molecule has 2 fully saturated rings. The second kappa shape index (κ2) is 14.7. The van der Waals surface area contributed by atoms with Gasteiger partial charge in [0, 0.05) is 57.4 Å². The monoisotopic (exact) mass is 625 g/mol. The van der Waals surface area contributed by atoms with E-state index in [1.165, 1.54) is 25.7 Å². The molecule has 12 nitrogen and oxygen atoms in total. The van der Waals surface area contributed by atoms with Crippen LogP contribution in [0.3, 0.4) is 0 Å². The van der Waals surface area contributed by atoms with E-state index in [1.807, 2.05) is 66.8 Å². The Morgan fingerprint density at radius 1 is 1.04 bits per heavy atom. The number of likely N-dealkylation sites (N-methyl/N-ethyl adjacent to an activating group) is 1. The highest BCUT2D eigenvalue weighted by molar-refractivity contribution is 5.96. The van der Waals surface area contributed by atoms with Crippen molar-refractivity contribution in [2.75, 3.05) is 51.2 Å². The molecular weight excluding hydrogens is 574 g/mol. The SMILES string of the molecule is Cc1nc(-c2ccc(C)c(N(CCN(C(=O)OC(C)(C)C)C(C)C)C(=O)CNCC(=O)N(C)N3C[C@H]4CCCC[C@H]4C3)c2)no1. The number of aryl methyl sites for hydroxylation is 2. The number of hydrazine groups is 1. The summed E-state index contributed by atoms with van der Waals surface area (Å²) in [6.07, 6.45) is 4.58. The minimum Gasteiger partial charge on any atom is -0.444 e. The van der Waals surface area contributed by atoms with E-state index in [0.717, 1.165) is 18.7 Å². The van der Waals surface area contributed by atoms with Crippen molar-refractivity contribution in [2.24, 2.45) is 11.8 Å². The predicted molar refractivity (Wildman–Crippen MR) is 172 cm³/mol. The van der Waals surface area contributed by atoms with Crippen LogP contribution in [0, 0.1) is 25.7 Å². The largest absolute Gasteiger partial charge is 0.444 e. The first kappa shape index (κ1) is 34.4. The molecule has 0 spiro atoms. The third-order valence-corrected chi connectivity index (χ3v) is 8.70. The van der Waals surface area contributed by atoms with Crippen LogP contribution in [-0.2, 0) is 14.3 Å². The lowest BCUT2D eigenvalue weighted by Crippen LogP contribution is -2.49. The molecule has 45 heavy (non-hydrogen) atoms. The van der Waals surface area contributed by atoms with Crippen molar-refractivity contribution < 1.29 is 23.6 Å². The standard InChI is InChI=1S/C33H51N7O5/c1-22(2)39(32(43)44-33(5,6)7)15-16-40(28-17-25(14-13-23(28)3)31-35-24(4)45-36-31)30(42)19-34-18-29(41)37(8)38-20-26-11-9-10-12-27(26)21-38/h13-14,17,22,26-27,34H,9-12,15-16,18-21H2,1-8H3/t26-,27+. The fourth-order valence-corrected chi connectivity index (χ4v) is 6.19. The molecule has 2 atom stereocenters. The van der Waals surface area contributed by atoms with E-state index < -0.39 is 11.7 Å². The van der Waals surface area contributed by atoms with Gasteiger partial charge in [0.2, 0.25) is 17.6 Å². The zero-order valence-electron chi connectivity index (χ0n) is 28.3. The topological polar surface area (TPSA) is 124 Å². The number of hydrogen-bond acceptors (Lipinski definition) is 9. The molecule has 1 aliphatic heterocycles. The van der Waals surface area contributed by atoms with Gasteiger partial charge in [-0.05, 0) is 77.8 Å². The number of fused-ring (bicyclic) bond motifs is 1. The Morgan fingerprint density at radius 2 is 1.69 bits per heavy atom. The second-order valence-corrected chi connectivity index (χ2v) is 13.6. The maximum atomic E-state index is 13.9. The average molecular weight is 626 g/mol. The predicted octanol–water partition coefficient (Wildman–Crippen LogP) is 4.42. The Kier molecular flexibility index (Phi) is 11.2. The van der Waals surface area contributed by atoms with Crippen molar-refractivity contribution in [2.45, 2.75) is 85.8 Å². The van der Waals surface area contributed by atoms with Crippen LogP contribution in [0.1, 0.15) is 71.8 Å². The fraction of sp³-hybridized carbons (Fsp3) is 0.667. The van der Waals surface area contributed by atoms with E-state index in [2.05, 4.69) is 20.5 Å². The molecule has 1 saturated heterocycles. The number of benzene rings is 1. The van der Waals surface area contributed by atoms with Crippen molar-refractivity contribution in [1.82, 2.24) is 30.4 Å². The summed E-state index contributed by atoms with van der Waals surface area (Å²) in [6.45, 7) is 15.3. The number of nitrogens with one attached hydrogen (secondary N) is 1. The van der Waals surface area contributed by atoms with Gasteiger partial charge in [0.1, 0.15) is 5.60 Å². The van der Waals surface area contributed by atoms with Crippen molar-refractivity contribution in [3.05, 3.63) is 29.7 Å². The van der Waals surface area contributed by atoms with Crippen LogP contribution in [0.25, 0.3) is 11.4 Å². The molecule has 0 unspecified atom stereocenters. The summed E-state index contributed by atoms with van der Waals surface area (Å²) in [5.41, 5.74) is 1.59. The molecule has 2 aromatic rings. The van der Waals surface area contributed by atoms with E-state index in [1.54, 1.807) is 21.7 Å². The van der Waals surface area contributed by atoms with Crippen LogP contribution in [0.15, 0.2) is 22.7 Å². The Hall–Kier alpha value is -3.51. The quantitative estimate of drug-likeness (QED) is 0.387. The molecule has 2 heterocycles. The number of nitrogens with zero attached hydrogens (tertiary/aromatic N) is 6. The van der Waals surface area contributed by atoms with Crippen molar-refractivity contribution in [3.63, 3.8) is 0 Å². The van der Waals surface area contributed by atoms with Gasteiger partial charge in [-0.3, -0.25) is 19.9 Å². The van der Waals surface area contributed by atoms with E-state index >= 15 is 0 Å². The van der Waals surface area contributed by atoms with Crippen LogP contribution in [0.4, 0.5) is 10.5 Å². The van der Waals surface area contributed by atoms with Crippen molar-refractivity contribution >= 4 is 23.6 Å². The van der Waals surface area contributed by atoms with Gasteiger partial charge in [0.15, 0.2) is 0 Å². The molecule has 1 aromatic carbocycles. The molecule has 1 aliphatic carbocycles. The summed E-state index contributed by atoms with van der Waals surface area (Å²) >= 11 is 0. The third-order valence-electron chi connectivity index (χ3n) is 8.70. The highest BCUT2D eigenvalue weighted by Gasteiger charge is 2.37. The third kappa shape index (κ3) is 9.03. The fourth-order valence-electron chi connectivity index (χ4n) is 6.19. The van der Waals surface area contributed by atoms with Crippen LogP contribution in [0.5, 0.6) is 0 Å². The molecular formula is C33H51N7O5. The lowest BCUT2D eigenvalue weighted by atomic mass is 9.82. The molecule has 248 valence electrons. The van der Waals surface area contributed by atoms with Gasteiger partial charge in [-0.25, -0.2) is 9.80 Å². The highest BCUT2D eigenvalue weighted by Crippen LogP contribution is 2.36. The lowest BCUT2D eigenvalue weighted by molar-refractivity contribution is -0.143. The number of amides is 3. The zero-order chi connectivity index (χ0) is 32.9. The summed E-state index contributed by atoms with van der Waals surface area (Å²) in [5, 5.41) is 11.0. The molecule has 0 bridgehead atoms. The van der Waals surface area contributed by atoms with Crippen molar-refractivity contribution in [3.8, 4) is 11.4 Å². The van der Waals surface area contributed by atoms with Gasteiger partial charge in [-0.2, -0.15) is 4.98 Å². The zero-order valence-corrected chi connectivity index (χ0v) is 28.3. The first-order chi connectivity index (χ1) is 21.2. The van der Waals surface area contributed by atoms with Gasteiger partial charge in [0.25, 0.3) is 5.91 Å². The molecule has 12 heteroatoms. The van der Waals surface area contributed by atoms with Crippen LogP contribution in [-0.4, -0.2) is 101 Å². The maximum absolute atomic E-state index is 13.9. The second-order valence-electron chi connectivity index (χ2n) is 13.6. The molecule has 2 aliphatic rings. The van der Waals surface area contributed by atoms with Crippen LogP contribution < -0.4 is 10.2 Å². The summed E-state index contributed by atoms with van der Waals surface area (Å²) in [5.74, 6) is 1.89. The van der Waals surface area contributed by atoms with E-state index in [4.69, 9.17) is 9.26 Å². The van der Waals surface area contributed by atoms with Crippen molar-refractivity contribution in [1.29, 1.82) is 0 Å². The Morgan fingerprint density at radius 3 is 2.27 bits per heavy atom. The Bertz CT molecular complexity index is 1320. The number of ether oxygens (including phenoxy) is 1. The van der Waals surface area contributed by atoms with Crippen LogP contribution >= 0.6 is 0 Å².